The summed E-state index contributed by atoms with van der Waals surface area (Å²) >= 11 is 1.65. The van der Waals surface area contributed by atoms with Crippen molar-refractivity contribution in [2.75, 3.05) is 24.5 Å². The van der Waals surface area contributed by atoms with Gasteiger partial charge in [-0.2, -0.15) is 0 Å². The first-order valence-corrected chi connectivity index (χ1v) is 13.0. The molecule has 0 aliphatic carbocycles. The maximum Gasteiger partial charge on any atom is 0.262 e. The van der Waals surface area contributed by atoms with Crippen molar-refractivity contribution in [3.05, 3.63) is 64.1 Å². The van der Waals surface area contributed by atoms with Crippen molar-refractivity contribution in [2.24, 2.45) is 0 Å². The van der Waals surface area contributed by atoms with Gasteiger partial charge in [0.15, 0.2) is 11.5 Å². The highest BCUT2D eigenvalue weighted by Gasteiger charge is 2.21. The number of amides is 1. The minimum atomic E-state index is -3.93. The van der Waals surface area contributed by atoms with Gasteiger partial charge in [0.25, 0.3) is 15.9 Å². The Morgan fingerprint density at radius 1 is 1.09 bits per heavy atom. The molecule has 8 nitrogen and oxygen atoms in total. The van der Waals surface area contributed by atoms with Crippen LogP contribution in [0.1, 0.15) is 33.9 Å². The molecule has 0 unspecified atom stereocenters. The number of ether oxygens (including phenoxy) is 2. The second-order valence-electron chi connectivity index (χ2n) is 7.55. The first-order chi connectivity index (χ1) is 15.9. The van der Waals surface area contributed by atoms with E-state index in [-0.39, 0.29) is 22.1 Å². The smallest absolute Gasteiger partial charge is 0.262 e. The van der Waals surface area contributed by atoms with Crippen LogP contribution >= 0.6 is 11.3 Å². The van der Waals surface area contributed by atoms with Crippen molar-refractivity contribution >= 4 is 33.0 Å². The summed E-state index contributed by atoms with van der Waals surface area (Å²) in [6, 6.07) is 11.0. The monoisotopic (exact) mass is 487 g/mol. The molecule has 0 radical (unpaired) electrons. The molecule has 2 aromatic carbocycles. The van der Waals surface area contributed by atoms with Crippen LogP contribution in [0.4, 0.5) is 5.69 Å². The Balaban J connectivity index is 1.37. The molecule has 0 saturated heterocycles. The SMILES string of the molecule is Cc1csc(CCCCNC(=O)c2ccccc2NS(=O)(=O)c2ccc3c(c2)OCCO3)n1. The molecule has 0 spiro atoms. The molecule has 0 fully saturated rings. The van der Waals surface area contributed by atoms with Gasteiger partial charge in [0, 0.05) is 23.7 Å². The Kier molecular flexibility index (Phi) is 7.14. The van der Waals surface area contributed by atoms with E-state index in [2.05, 4.69) is 15.0 Å². The van der Waals surface area contributed by atoms with Gasteiger partial charge in [-0.1, -0.05) is 12.1 Å². The number of fused-ring (bicyclic) bond motifs is 1. The van der Waals surface area contributed by atoms with Crippen molar-refractivity contribution in [3.63, 3.8) is 0 Å². The molecule has 2 heterocycles. The molecule has 33 heavy (non-hydrogen) atoms. The number of carbonyl (C=O) groups is 1. The van der Waals surface area contributed by atoms with Crippen LogP contribution in [0.15, 0.2) is 52.7 Å². The third kappa shape index (κ3) is 5.82. The van der Waals surface area contributed by atoms with E-state index in [1.54, 1.807) is 41.7 Å². The van der Waals surface area contributed by atoms with Crippen LogP contribution in [0, 0.1) is 6.92 Å². The Hall–Kier alpha value is -3.11. The number of aromatic nitrogens is 1. The fourth-order valence-corrected chi connectivity index (χ4v) is 5.29. The van der Waals surface area contributed by atoms with E-state index in [1.807, 2.05) is 12.3 Å². The number of rotatable bonds is 9. The number of para-hydroxylation sites is 1. The van der Waals surface area contributed by atoms with Gasteiger partial charge in [0.2, 0.25) is 0 Å². The largest absolute Gasteiger partial charge is 0.486 e. The molecule has 4 rings (SSSR count). The van der Waals surface area contributed by atoms with Crippen molar-refractivity contribution in [2.45, 2.75) is 31.1 Å². The molecule has 2 N–H and O–H groups in total. The summed E-state index contributed by atoms with van der Waals surface area (Å²) in [6.07, 6.45) is 2.58. The lowest BCUT2D eigenvalue weighted by atomic mass is 10.1. The number of nitrogens with one attached hydrogen (secondary N) is 2. The predicted octanol–water partition coefficient (Wildman–Crippen LogP) is 3.78. The molecule has 1 aromatic heterocycles. The minimum Gasteiger partial charge on any atom is -0.486 e. The highest BCUT2D eigenvalue weighted by Crippen LogP contribution is 2.33. The van der Waals surface area contributed by atoms with Crippen LogP contribution in [-0.4, -0.2) is 39.1 Å². The number of hydrogen-bond donors (Lipinski definition) is 2. The zero-order valence-electron chi connectivity index (χ0n) is 18.2. The normalized spacial score (nSPS) is 12.9. The van der Waals surface area contributed by atoms with Crippen molar-refractivity contribution in [1.29, 1.82) is 0 Å². The van der Waals surface area contributed by atoms with E-state index in [0.29, 0.717) is 31.3 Å². The quantitative estimate of drug-likeness (QED) is 0.445. The number of benzene rings is 2. The van der Waals surface area contributed by atoms with Crippen LogP contribution in [0.5, 0.6) is 11.5 Å². The number of sulfonamides is 1. The second kappa shape index (κ2) is 10.2. The topological polar surface area (TPSA) is 107 Å². The first-order valence-electron chi connectivity index (χ1n) is 10.6. The van der Waals surface area contributed by atoms with Crippen molar-refractivity contribution in [1.82, 2.24) is 10.3 Å². The van der Waals surface area contributed by atoms with Crippen LogP contribution in [0.2, 0.25) is 0 Å². The van der Waals surface area contributed by atoms with Gasteiger partial charge in [0.05, 0.1) is 21.2 Å². The summed E-state index contributed by atoms with van der Waals surface area (Å²) in [6.45, 7) is 3.24. The second-order valence-corrected chi connectivity index (χ2v) is 10.2. The molecular weight excluding hydrogens is 462 g/mol. The average Bonchev–Trinajstić information content (AvgIpc) is 3.23. The maximum atomic E-state index is 13.0. The average molecular weight is 488 g/mol. The molecule has 10 heteroatoms. The Labute approximate surface area is 197 Å². The van der Waals surface area contributed by atoms with E-state index in [4.69, 9.17) is 9.47 Å². The molecular formula is C23H25N3O5S2. The zero-order valence-corrected chi connectivity index (χ0v) is 19.8. The van der Waals surface area contributed by atoms with Gasteiger partial charge in [-0.3, -0.25) is 9.52 Å². The van der Waals surface area contributed by atoms with Gasteiger partial charge in [-0.05, 0) is 50.5 Å². The van der Waals surface area contributed by atoms with E-state index in [1.165, 1.54) is 12.1 Å². The number of unbranched alkanes of at least 4 members (excludes halogenated alkanes) is 1. The number of aryl methyl sites for hydroxylation is 2. The van der Waals surface area contributed by atoms with Crippen LogP contribution in [0.3, 0.4) is 0 Å². The van der Waals surface area contributed by atoms with E-state index in [0.717, 1.165) is 30.0 Å². The van der Waals surface area contributed by atoms with Gasteiger partial charge in [-0.25, -0.2) is 13.4 Å². The first kappa shape index (κ1) is 23.1. The number of nitrogens with zero attached hydrogens (tertiary/aromatic N) is 1. The van der Waals surface area contributed by atoms with E-state index >= 15 is 0 Å². The van der Waals surface area contributed by atoms with E-state index in [9.17, 15) is 13.2 Å². The van der Waals surface area contributed by atoms with Crippen molar-refractivity contribution in [3.8, 4) is 11.5 Å². The van der Waals surface area contributed by atoms with Gasteiger partial charge in [0.1, 0.15) is 13.2 Å². The maximum absolute atomic E-state index is 13.0. The molecule has 1 amide bonds. The molecule has 1 aliphatic rings. The molecule has 1 aliphatic heterocycles. The molecule has 0 saturated carbocycles. The summed E-state index contributed by atoms with van der Waals surface area (Å²) in [4.78, 5) is 17.2. The highest BCUT2D eigenvalue weighted by molar-refractivity contribution is 7.92. The van der Waals surface area contributed by atoms with Crippen LogP contribution in [-0.2, 0) is 16.4 Å². The third-order valence-corrected chi connectivity index (χ3v) is 7.40. The summed E-state index contributed by atoms with van der Waals surface area (Å²) in [5, 5.41) is 5.99. The molecule has 0 bridgehead atoms. The standard InChI is InChI=1S/C23H25N3O5S2/c1-16-15-32-22(25-16)8-4-5-11-24-23(27)18-6-2-3-7-19(18)26-33(28,29)17-9-10-20-21(14-17)31-13-12-30-20/h2-3,6-7,9-10,14-15,26H,4-5,8,11-13H2,1H3,(H,24,27). The Morgan fingerprint density at radius 2 is 1.88 bits per heavy atom. The van der Waals surface area contributed by atoms with Gasteiger partial charge in [-0.15, -0.1) is 11.3 Å². The summed E-state index contributed by atoms with van der Waals surface area (Å²) in [5.74, 6) is 0.550. The van der Waals surface area contributed by atoms with Crippen molar-refractivity contribution < 1.29 is 22.7 Å². The lowest BCUT2D eigenvalue weighted by molar-refractivity contribution is 0.0954. The summed E-state index contributed by atoms with van der Waals surface area (Å²) < 4.78 is 39.4. The fourth-order valence-electron chi connectivity index (χ4n) is 3.38. The number of carbonyl (C=O) groups excluding carboxylic acids is 1. The Bertz CT molecular complexity index is 1240. The van der Waals surface area contributed by atoms with Crippen LogP contribution < -0.4 is 19.5 Å². The summed E-state index contributed by atoms with van der Waals surface area (Å²) in [5.41, 5.74) is 1.50. The lowest BCUT2D eigenvalue weighted by Gasteiger charge is -2.19. The highest BCUT2D eigenvalue weighted by atomic mass is 32.2. The van der Waals surface area contributed by atoms with Gasteiger partial charge < -0.3 is 14.8 Å². The van der Waals surface area contributed by atoms with Gasteiger partial charge >= 0.3 is 0 Å². The summed E-state index contributed by atoms with van der Waals surface area (Å²) in [7, 11) is -3.93. The fraction of sp³-hybridized carbons (Fsp3) is 0.304. The predicted molar refractivity (Wildman–Crippen MR) is 127 cm³/mol. The minimum absolute atomic E-state index is 0.0272. The van der Waals surface area contributed by atoms with Crippen LogP contribution in [0.25, 0.3) is 0 Å². The number of thiazole rings is 1. The Morgan fingerprint density at radius 3 is 2.67 bits per heavy atom. The zero-order chi connectivity index (χ0) is 23.3. The molecule has 3 aromatic rings. The number of hydrogen-bond acceptors (Lipinski definition) is 7. The van der Waals surface area contributed by atoms with E-state index < -0.39 is 10.0 Å². The molecule has 174 valence electrons. The number of anilines is 1. The molecule has 0 atom stereocenters. The lowest BCUT2D eigenvalue weighted by Crippen LogP contribution is -2.26. The third-order valence-electron chi connectivity index (χ3n) is 5.01.